The third-order valence-corrected chi connectivity index (χ3v) is 5.34. The SMILES string of the molecule is O=C1CC(c2nc(=S)[nH][nH]2)S(=O)(=O)c2ccccc2N1. The van der Waals surface area contributed by atoms with Crippen LogP contribution in [-0.2, 0) is 14.6 Å². The van der Waals surface area contributed by atoms with Gasteiger partial charge in [-0.15, -0.1) is 0 Å². The number of nitrogens with one attached hydrogen (secondary N) is 3. The summed E-state index contributed by atoms with van der Waals surface area (Å²) in [5.41, 5.74) is 0.286. The number of hydrogen-bond acceptors (Lipinski definition) is 5. The van der Waals surface area contributed by atoms with Gasteiger partial charge in [0.15, 0.2) is 9.84 Å². The molecule has 0 radical (unpaired) electrons. The average Bonchev–Trinajstić information content (AvgIpc) is 2.78. The van der Waals surface area contributed by atoms with E-state index >= 15 is 0 Å². The quantitative estimate of drug-likeness (QED) is 0.689. The van der Waals surface area contributed by atoms with E-state index in [9.17, 15) is 13.2 Å². The molecule has 1 aliphatic rings. The summed E-state index contributed by atoms with van der Waals surface area (Å²) >= 11 is 4.83. The molecular formula is C11H10N4O3S2. The molecule has 1 aromatic heterocycles. The van der Waals surface area contributed by atoms with Gasteiger partial charge in [-0.05, 0) is 24.4 Å². The molecule has 0 spiro atoms. The van der Waals surface area contributed by atoms with Crippen molar-refractivity contribution in [1.29, 1.82) is 0 Å². The van der Waals surface area contributed by atoms with Crippen LogP contribution in [0.25, 0.3) is 0 Å². The summed E-state index contributed by atoms with van der Waals surface area (Å²) in [5.74, 6) is -0.243. The van der Waals surface area contributed by atoms with Crippen LogP contribution in [0.1, 0.15) is 17.5 Å². The summed E-state index contributed by atoms with van der Waals surface area (Å²) < 4.78 is 25.5. The van der Waals surface area contributed by atoms with E-state index in [1.165, 1.54) is 6.07 Å². The molecule has 7 nitrogen and oxygen atoms in total. The zero-order chi connectivity index (χ0) is 14.3. The standard InChI is InChI=1S/C11H10N4O3S2/c16-9-5-8(10-13-11(19)15-14-10)20(17,18)7-4-2-1-3-6(7)12-9/h1-4,8H,5H2,(H,12,16)(H2,13,14,15,19). The second-order valence-corrected chi connectivity index (χ2v) is 6.82. The van der Waals surface area contributed by atoms with Gasteiger partial charge in [0.25, 0.3) is 0 Å². The topological polar surface area (TPSA) is 108 Å². The van der Waals surface area contributed by atoms with Crippen LogP contribution in [0.3, 0.4) is 0 Å². The number of hydrogen-bond donors (Lipinski definition) is 3. The highest BCUT2D eigenvalue weighted by molar-refractivity contribution is 7.91. The van der Waals surface area contributed by atoms with Crippen LogP contribution in [-0.4, -0.2) is 29.5 Å². The summed E-state index contributed by atoms with van der Waals surface area (Å²) in [4.78, 5) is 15.9. The van der Waals surface area contributed by atoms with Gasteiger partial charge in [-0.25, -0.2) is 13.4 Å². The number of H-pyrrole nitrogens is 2. The Kier molecular flexibility index (Phi) is 2.94. The fourth-order valence-electron chi connectivity index (χ4n) is 2.13. The van der Waals surface area contributed by atoms with E-state index < -0.39 is 15.1 Å². The molecular weight excluding hydrogens is 300 g/mol. The first-order valence-corrected chi connectivity index (χ1v) is 7.71. The molecule has 0 saturated carbocycles. The fourth-order valence-corrected chi connectivity index (χ4v) is 4.06. The van der Waals surface area contributed by atoms with E-state index in [4.69, 9.17) is 12.2 Å². The van der Waals surface area contributed by atoms with E-state index in [-0.39, 0.29) is 33.5 Å². The number of fused-ring (bicyclic) bond motifs is 1. The predicted octanol–water partition coefficient (Wildman–Crippen LogP) is 1.32. The number of sulfone groups is 1. The molecule has 104 valence electrons. The van der Waals surface area contributed by atoms with E-state index in [1.807, 2.05) is 0 Å². The number of aromatic nitrogens is 3. The molecule has 2 aromatic rings. The predicted molar refractivity (Wildman–Crippen MR) is 73.4 cm³/mol. The Morgan fingerprint density at radius 1 is 1.25 bits per heavy atom. The molecule has 0 bridgehead atoms. The number of para-hydroxylation sites is 1. The van der Waals surface area contributed by atoms with Gasteiger partial charge >= 0.3 is 0 Å². The Morgan fingerprint density at radius 3 is 2.70 bits per heavy atom. The minimum atomic E-state index is -3.74. The number of rotatable bonds is 1. The zero-order valence-electron chi connectivity index (χ0n) is 10.1. The molecule has 0 saturated heterocycles. The number of anilines is 1. The lowest BCUT2D eigenvalue weighted by Gasteiger charge is -2.11. The van der Waals surface area contributed by atoms with Crippen LogP contribution in [0.2, 0.25) is 0 Å². The molecule has 1 amide bonds. The first-order valence-electron chi connectivity index (χ1n) is 5.76. The highest BCUT2D eigenvalue weighted by atomic mass is 32.2. The molecule has 1 unspecified atom stereocenters. The monoisotopic (exact) mass is 310 g/mol. The van der Waals surface area contributed by atoms with Crippen molar-refractivity contribution in [1.82, 2.24) is 15.2 Å². The van der Waals surface area contributed by atoms with E-state index in [0.717, 1.165) is 0 Å². The maximum Gasteiger partial charge on any atom is 0.226 e. The van der Waals surface area contributed by atoms with Crippen LogP contribution in [0.4, 0.5) is 5.69 Å². The van der Waals surface area contributed by atoms with Gasteiger partial charge in [-0.1, -0.05) is 12.1 Å². The summed E-state index contributed by atoms with van der Waals surface area (Å²) in [5, 5.41) is 6.66. The first-order chi connectivity index (χ1) is 9.48. The van der Waals surface area contributed by atoms with Crippen LogP contribution in [0.5, 0.6) is 0 Å². The third-order valence-electron chi connectivity index (χ3n) is 3.04. The molecule has 1 atom stereocenters. The Morgan fingerprint density at radius 2 is 2.00 bits per heavy atom. The Bertz CT molecular complexity index is 837. The van der Waals surface area contributed by atoms with Crippen LogP contribution >= 0.6 is 12.2 Å². The number of benzene rings is 1. The zero-order valence-corrected chi connectivity index (χ0v) is 11.7. The van der Waals surface area contributed by atoms with Gasteiger partial charge in [-0.2, -0.15) is 0 Å². The van der Waals surface area contributed by atoms with Gasteiger partial charge in [0, 0.05) is 0 Å². The summed E-state index contributed by atoms with van der Waals surface area (Å²) in [6, 6.07) is 6.29. The van der Waals surface area contributed by atoms with Crippen molar-refractivity contribution < 1.29 is 13.2 Å². The second kappa shape index (κ2) is 4.53. The van der Waals surface area contributed by atoms with Crippen molar-refractivity contribution in [2.75, 3.05) is 5.32 Å². The minimum Gasteiger partial charge on any atom is -0.325 e. The van der Waals surface area contributed by atoms with Crippen LogP contribution < -0.4 is 5.32 Å². The molecule has 1 aliphatic heterocycles. The van der Waals surface area contributed by atoms with E-state index in [2.05, 4.69) is 20.5 Å². The number of aromatic amines is 2. The smallest absolute Gasteiger partial charge is 0.226 e. The number of amides is 1. The molecule has 1 aromatic carbocycles. The molecule has 3 N–H and O–H groups in total. The Labute approximate surface area is 119 Å². The lowest BCUT2D eigenvalue weighted by Crippen LogP contribution is -2.17. The number of carbonyl (C=O) groups is 1. The molecule has 20 heavy (non-hydrogen) atoms. The van der Waals surface area contributed by atoms with Crippen LogP contribution in [0.15, 0.2) is 29.2 Å². The molecule has 3 rings (SSSR count). The molecule has 2 heterocycles. The Hall–Kier alpha value is -2.00. The van der Waals surface area contributed by atoms with Crippen molar-refractivity contribution in [3.63, 3.8) is 0 Å². The Balaban J connectivity index is 2.22. The maximum absolute atomic E-state index is 12.7. The van der Waals surface area contributed by atoms with Crippen molar-refractivity contribution in [3.05, 3.63) is 34.9 Å². The van der Waals surface area contributed by atoms with Gasteiger partial charge in [0.05, 0.1) is 17.0 Å². The normalized spacial score (nSPS) is 20.8. The highest BCUT2D eigenvalue weighted by Crippen LogP contribution is 2.36. The lowest BCUT2D eigenvalue weighted by molar-refractivity contribution is -0.116. The third kappa shape index (κ3) is 2.04. The van der Waals surface area contributed by atoms with Gasteiger partial charge in [-0.3, -0.25) is 15.0 Å². The number of carbonyl (C=O) groups excluding carboxylic acids is 1. The maximum atomic E-state index is 12.7. The second-order valence-electron chi connectivity index (χ2n) is 4.33. The summed E-state index contributed by atoms with van der Waals surface area (Å²) in [6.45, 7) is 0. The first kappa shape index (κ1) is 13.0. The minimum absolute atomic E-state index is 0.0816. The lowest BCUT2D eigenvalue weighted by atomic mass is 10.2. The van der Waals surface area contributed by atoms with Crippen LogP contribution in [0, 0.1) is 4.77 Å². The highest BCUT2D eigenvalue weighted by Gasteiger charge is 2.37. The largest absolute Gasteiger partial charge is 0.325 e. The fraction of sp³-hybridized carbons (Fsp3) is 0.182. The summed E-state index contributed by atoms with van der Waals surface area (Å²) in [7, 11) is -3.74. The van der Waals surface area contributed by atoms with Crippen molar-refractivity contribution in [3.8, 4) is 0 Å². The average molecular weight is 310 g/mol. The van der Waals surface area contributed by atoms with Crippen molar-refractivity contribution in [2.45, 2.75) is 16.6 Å². The number of nitrogens with zero attached hydrogens (tertiary/aromatic N) is 1. The van der Waals surface area contributed by atoms with Crippen molar-refractivity contribution >= 4 is 33.6 Å². The van der Waals surface area contributed by atoms with Gasteiger partial charge < -0.3 is 5.32 Å². The van der Waals surface area contributed by atoms with Crippen molar-refractivity contribution in [2.24, 2.45) is 0 Å². The molecule has 0 aliphatic carbocycles. The van der Waals surface area contributed by atoms with Gasteiger partial charge in [0.2, 0.25) is 10.7 Å². The van der Waals surface area contributed by atoms with E-state index in [1.54, 1.807) is 18.2 Å². The molecule has 9 heteroatoms. The molecule has 0 fully saturated rings. The van der Waals surface area contributed by atoms with Gasteiger partial charge in [0.1, 0.15) is 11.1 Å². The summed E-state index contributed by atoms with van der Waals surface area (Å²) in [6.07, 6.45) is -0.215. The van der Waals surface area contributed by atoms with E-state index in [0.29, 0.717) is 0 Å².